The first-order chi connectivity index (χ1) is 9.77. The molecule has 1 rings (SSSR count). The summed E-state index contributed by atoms with van der Waals surface area (Å²) in [7, 11) is 0. The molecule has 2 atom stereocenters. The zero-order chi connectivity index (χ0) is 16.0. The Labute approximate surface area is 131 Å². The standard InChI is InChI=1S/C19H33NO/c1-7-15(3)13-20(8-2)14-18(21)16-9-11-17(12-10-16)19(4,5)6/h9-12,15,18,21H,7-8,13-14H2,1-6H3. The first kappa shape index (κ1) is 18.2. The molecule has 2 unspecified atom stereocenters. The average molecular weight is 291 g/mol. The minimum absolute atomic E-state index is 0.162. The van der Waals surface area contributed by atoms with E-state index in [0.717, 1.165) is 25.2 Å². The second kappa shape index (κ2) is 7.95. The molecule has 0 fully saturated rings. The maximum Gasteiger partial charge on any atom is 0.0916 e. The molecule has 0 aliphatic rings. The van der Waals surface area contributed by atoms with Gasteiger partial charge >= 0.3 is 0 Å². The second-order valence-electron chi connectivity index (χ2n) is 7.25. The third-order valence-corrected chi connectivity index (χ3v) is 4.31. The van der Waals surface area contributed by atoms with Gasteiger partial charge in [-0.05, 0) is 29.0 Å². The van der Waals surface area contributed by atoms with Crippen molar-refractivity contribution in [1.82, 2.24) is 4.90 Å². The van der Waals surface area contributed by atoms with Crippen LogP contribution in [0.15, 0.2) is 24.3 Å². The number of hydrogen-bond acceptors (Lipinski definition) is 2. The Kier molecular flexibility index (Phi) is 6.89. The summed E-state index contributed by atoms with van der Waals surface area (Å²) in [6.07, 6.45) is 0.787. The fourth-order valence-electron chi connectivity index (χ4n) is 2.46. The van der Waals surface area contributed by atoms with Crippen LogP contribution in [-0.4, -0.2) is 29.6 Å². The molecule has 1 aromatic rings. The first-order valence-electron chi connectivity index (χ1n) is 8.28. The van der Waals surface area contributed by atoms with Crippen molar-refractivity contribution in [1.29, 1.82) is 0 Å². The zero-order valence-corrected chi connectivity index (χ0v) is 14.7. The van der Waals surface area contributed by atoms with E-state index in [0.29, 0.717) is 5.92 Å². The molecule has 0 aliphatic heterocycles. The number of nitrogens with zero attached hydrogens (tertiary/aromatic N) is 1. The van der Waals surface area contributed by atoms with Gasteiger partial charge in [0.15, 0.2) is 0 Å². The minimum atomic E-state index is -0.400. The van der Waals surface area contributed by atoms with E-state index >= 15 is 0 Å². The van der Waals surface area contributed by atoms with Gasteiger partial charge in [-0.1, -0.05) is 72.2 Å². The lowest BCUT2D eigenvalue weighted by Crippen LogP contribution is -2.32. The molecule has 0 aliphatic carbocycles. The fourth-order valence-corrected chi connectivity index (χ4v) is 2.46. The molecule has 0 radical (unpaired) electrons. The van der Waals surface area contributed by atoms with E-state index in [1.807, 2.05) is 0 Å². The highest BCUT2D eigenvalue weighted by Gasteiger charge is 2.16. The number of aliphatic hydroxyl groups is 1. The smallest absolute Gasteiger partial charge is 0.0916 e. The van der Waals surface area contributed by atoms with Gasteiger partial charge in [0.1, 0.15) is 0 Å². The summed E-state index contributed by atoms with van der Waals surface area (Å²) in [4.78, 5) is 2.34. The molecule has 0 aromatic heterocycles. The van der Waals surface area contributed by atoms with Crippen LogP contribution < -0.4 is 0 Å². The summed E-state index contributed by atoms with van der Waals surface area (Å²) in [5.41, 5.74) is 2.49. The molecule has 0 saturated carbocycles. The van der Waals surface area contributed by atoms with Crippen LogP contribution in [0, 0.1) is 5.92 Å². The van der Waals surface area contributed by atoms with Crippen molar-refractivity contribution in [3.05, 3.63) is 35.4 Å². The van der Waals surface area contributed by atoms with Crippen molar-refractivity contribution in [2.24, 2.45) is 5.92 Å². The summed E-state index contributed by atoms with van der Waals surface area (Å²) in [6, 6.07) is 8.43. The van der Waals surface area contributed by atoms with Crippen molar-refractivity contribution in [3.63, 3.8) is 0 Å². The average Bonchev–Trinajstić information content (AvgIpc) is 2.45. The lowest BCUT2D eigenvalue weighted by molar-refractivity contribution is 0.107. The Morgan fingerprint density at radius 3 is 2.05 bits per heavy atom. The highest BCUT2D eigenvalue weighted by molar-refractivity contribution is 5.28. The Morgan fingerprint density at radius 1 is 1.05 bits per heavy atom. The molecule has 0 spiro atoms. The topological polar surface area (TPSA) is 23.5 Å². The van der Waals surface area contributed by atoms with Crippen LogP contribution in [-0.2, 0) is 5.41 Å². The van der Waals surface area contributed by atoms with Crippen LogP contribution in [0.1, 0.15) is 65.2 Å². The minimum Gasteiger partial charge on any atom is -0.387 e. The van der Waals surface area contributed by atoms with E-state index in [1.54, 1.807) is 0 Å². The molecule has 1 aromatic carbocycles. The van der Waals surface area contributed by atoms with Gasteiger partial charge in [0.2, 0.25) is 0 Å². The molecular formula is C19H33NO. The van der Waals surface area contributed by atoms with Gasteiger partial charge in [0.05, 0.1) is 6.10 Å². The van der Waals surface area contributed by atoms with Gasteiger partial charge in [0.25, 0.3) is 0 Å². The predicted molar refractivity (Wildman–Crippen MR) is 91.7 cm³/mol. The Bertz CT molecular complexity index is 405. The normalized spacial score (nSPS) is 15.2. The Morgan fingerprint density at radius 2 is 1.62 bits per heavy atom. The molecular weight excluding hydrogens is 258 g/mol. The summed E-state index contributed by atoms with van der Waals surface area (Å²) in [6.45, 7) is 16.1. The van der Waals surface area contributed by atoms with E-state index in [9.17, 15) is 5.11 Å². The van der Waals surface area contributed by atoms with Gasteiger partial charge in [-0.15, -0.1) is 0 Å². The van der Waals surface area contributed by atoms with Crippen LogP contribution in [0.4, 0.5) is 0 Å². The van der Waals surface area contributed by atoms with Crippen LogP contribution in [0.3, 0.4) is 0 Å². The summed E-state index contributed by atoms with van der Waals surface area (Å²) >= 11 is 0. The van der Waals surface area contributed by atoms with Crippen LogP contribution in [0.5, 0.6) is 0 Å². The molecule has 0 heterocycles. The SMILES string of the molecule is CCC(C)CN(CC)CC(O)c1ccc(C(C)(C)C)cc1. The summed E-state index contributed by atoms with van der Waals surface area (Å²) < 4.78 is 0. The van der Waals surface area contributed by atoms with E-state index in [-0.39, 0.29) is 5.41 Å². The summed E-state index contributed by atoms with van der Waals surface area (Å²) in [5.74, 6) is 0.681. The number of rotatable bonds is 7. The van der Waals surface area contributed by atoms with Crippen molar-refractivity contribution >= 4 is 0 Å². The van der Waals surface area contributed by atoms with Crippen molar-refractivity contribution in [2.45, 2.75) is 59.5 Å². The molecule has 0 bridgehead atoms. The van der Waals surface area contributed by atoms with Crippen molar-refractivity contribution in [2.75, 3.05) is 19.6 Å². The molecule has 1 N–H and O–H groups in total. The Hall–Kier alpha value is -0.860. The highest BCUT2D eigenvalue weighted by Crippen LogP contribution is 2.24. The fraction of sp³-hybridized carbons (Fsp3) is 0.684. The number of benzene rings is 1. The lowest BCUT2D eigenvalue weighted by Gasteiger charge is -2.26. The van der Waals surface area contributed by atoms with E-state index in [4.69, 9.17) is 0 Å². The van der Waals surface area contributed by atoms with E-state index in [1.165, 1.54) is 12.0 Å². The predicted octanol–water partition coefficient (Wildman–Crippen LogP) is 4.39. The number of likely N-dealkylation sites (N-methyl/N-ethyl adjacent to an activating group) is 1. The molecule has 0 amide bonds. The van der Waals surface area contributed by atoms with E-state index in [2.05, 4.69) is 70.7 Å². The van der Waals surface area contributed by atoms with Gasteiger partial charge in [-0.25, -0.2) is 0 Å². The quantitative estimate of drug-likeness (QED) is 0.805. The van der Waals surface area contributed by atoms with Gasteiger partial charge in [-0.2, -0.15) is 0 Å². The zero-order valence-electron chi connectivity index (χ0n) is 14.7. The first-order valence-corrected chi connectivity index (χ1v) is 8.28. The largest absolute Gasteiger partial charge is 0.387 e. The van der Waals surface area contributed by atoms with Gasteiger partial charge in [-0.3, -0.25) is 0 Å². The third kappa shape index (κ3) is 5.80. The van der Waals surface area contributed by atoms with Crippen LogP contribution in [0.2, 0.25) is 0 Å². The lowest BCUT2D eigenvalue weighted by atomic mass is 9.86. The molecule has 2 nitrogen and oxygen atoms in total. The monoisotopic (exact) mass is 291 g/mol. The van der Waals surface area contributed by atoms with E-state index < -0.39 is 6.10 Å². The number of hydrogen-bond donors (Lipinski definition) is 1. The van der Waals surface area contributed by atoms with Crippen molar-refractivity contribution in [3.8, 4) is 0 Å². The van der Waals surface area contributed by atoms with Crippen LogP contribution in [0.25, 0.3) is 0 Å². The van der Waals surface area contributed by atoms with Crippen molar-refractivity contribution < 1.29 is 5.11 Å². The Balaban J connectivity index is 2.68. The molecule has 0 saturated heterocycles. The van der Waals surface area contributed by atoms with Gasteiger partial charge < -0.3 is 10.0 Å². The molecule has 120 valence electrons. The van der Waals surface area contributed by atoms with Crippen LogP contribution >= 0.6 is 0 Å². The molecule has 21 heavy (non-hydrogen) atoms. The molecule has 2 heteroatoms. The van der Waals surface area contributed by atoms with Gasteiger partial charge in [0, 0.05) is 13.1 Å². The maximum atomic E-state index is 10.5. The number of aliphatic hydroxyl groups excluding tert-OH is 1. The summed E-state index contributed by atoms with van der Waals surface area (Å²) in [5, 5.41) is 10.5. The highest BCUT2D eigenvalue weighted by atomic mass is 16.3. The third-order valence-electron chi connectivity index (χ3n) is 4.31. The maximum absolute atomic E-state index is 10.5. The second-order valence-corrected chi connectivity index (χ2v) is 7.25.